The molecule has 0 radical (unpaired) electrons. The minimum Gasteiger partial charge on any atom is -0.488 e. The average molecular weight is 462 g/mol. The second-order valence-corrected chi connectivity index (χ2v) is 8.39. The molecular formula is C25H22N2O7. The zero-order valence-electron chi connectivity index (χ0n) is 18.2. The molecule has 34 heavy (non-hydrogen) atoms. The van der Waals surface area contributed by atoms with Gasteiger partial charge in [-0.05, 0) is 36.3 Å². The number of benzene rings is 1. The number of allylic oxidation sites excluding steroid dienone is 1. The molecule has 9 nitrogen and oxygen atoms in total. The molecule has 0 amide bonds. The van der Waals surface area contributed by atoms with E-state index < -0.39 is 18.0 Å². The van der Waals surface area contributed by atoms with Crippen molar-refractivity contribution in [3.05, 3.63) is 86.9 Å². The maximum absolute atomic E-state index is 13.1. The van der Waals surface area contributed by atoms with Crippen LogP contribution < -0.4 is 15.6 Å². The van der Waals surface area contributed by atoms with Crippen molar-refractivity contribution in [1.82, 2.24) is 4.57 Å². The van der Waals surface area contributed by atoms with Crippen molar-refractivity contribution in [2.45, 2.75) is 31.7 Å². The van der Waals surface area contributed by atoms with Crippen LogP contribution in [0.15, 0.2) is 53.4 Å². The predicted octanol–water partition coefficient (Wildman–Crippen LogP) is 2.25. The summed E-state index contributed by atoms with van der Waals surface area (Å²) in [5, 5.41) is 22.8. The van der Waals surface area contributed by atoms with Crippen LogP contribution in [0.3, 0.4) is 0 Å². The van der Waals surface area contributed by atoms with Gasteiger partial charge in [0.05, 0.1) is 17.2 Å². The van der Waals surface area contributed by atoms with Crippen LogP contribution in [0.25, 0.3) is 6.08 Å². The maximum atomic E-state index is 13.1. The van der Waals surface area contributed by atoms with Crippen molar-refractivity contribution in [3.63, 3.8) is 0 Å². The van der Waals surface area contributed by atoms with Gasteiger partial charge in [0.1, 0.15) is 19.0 Å². The largest absolute Gasteiger partial charge is 0.488 e. The number of nitrogens with one attached hydrogen (secondary N) is 1. The molecular weight excluding hydrogens is 440 g/mol. The Morgan fingerprint density at radius 3 is 2.88 bits per heavy atom. The van der Waals surface area contributed by atoms with Gasteiger partial charge in [-0.2, -0.15) is 0 Å². The van der Waals surface area contributed by atoms with Gasteiger partial charge in [0.15, 0.2) is 6.10 Å². The number of cyclic esters (lactones) is 1. The number of hydrogen-bond acceptors (Lipinski definition) is 7. The lowest BCUT2D eigenvalue weighted by Gasteiger charge is -2.27. The predicted molar refractivity (Wildman–Crippen MR) is 122 cm³/mol. The molecule has 2 aromatic rings. The standard InChI is InChI=1S/C25H22N2O7/c1-3-4-14-15-7-13-9-27-19(8-16-17(23(27)29)11-34-25(32)22(16)28)21(13)26-18(15)5-6-20(14)33-10-12(2)24(30)31/h3,5-8,21-22,26,28H,1-2,4,9-11H2,(H,30,31). The smallest absolute Gasteiger partial charge is 0.340 e. The van der Waals surface area contributed by atoms with Gasteiger partial charge in [-0.1, -0.05) is 12.7 Å². The van der Waals surface area contributed by atoms with E-state index in [0.29, 0.717) is 24.4 Å². The number of pyridine rings is 1. The summed E-state index contributed by atoms with van der Waals surface area (Å²) < 4.78 is 12.3. The highest BCUT2D eigenvalue weighted by Gasteiger charge is 2.37. The first-order chi connectivity index (χ1) is 16.3. The Morgan fingerprint density at radius 2 is 2.15 bits per heavy atom. The average Bonchev–Trinajstić information content (AvgIpc) is 3.17. The van der Waals surface area contributed by atoms with Gasteiger partial charge in [0, 0.05) is 34.6 Å². The highest BCUT2D eigenvalue weighted by Crippen LogP contribution is 2.44. The van der Waals surface area contributed by atoms with Crippen molar-refractivity contribution < 1.29 is 29.3 Å². The highest BCUT2D eigenvalue weighted by atomic mass is 16.5. The Labute approximate surface area is 194 Å². The summed E-state index contributed by atoms with van der Waals surface area (Å²) in [5.41, 5.74) is 4.35. The summed E-state index contributed by atoms with van der Waals surface area (Å²) in [5.74, 6) is -1.36. The fourth-order valence-electron chi connectivity index (χ4n) is 4.62. The fraction of sp³-hybridized carbons (Fsp3) is 0.240. The minimum atomic E-state index is -1.48. The first-order valence-corrected chi connectivity index (χ1v) is 10.7. The third kappa shape index (κ3) is 3.32. The first-order valence-electron chi connectivity index (χ1n) is 10.7. The van der Waals surface area contributed by atoms with Gasteiger partial charge in [-0.25, -0.2) is 9.59 Å². The molecule has 174 valence electrons. The van der Waals surface area contributed by atoms with Crippen molar-refractivity contribution in [1.29, 1.82) is 0 Å². The number of nitrogens with zero attached hydrogens (tertiary/aromatic N) is 1. The van der Waals surface area contributed by atoms with Crippen LogP contribution in [0.1, 0.15) is 40.1 Å². The van der Waals surface area contributed by atoms with Crippen LogP contribution in [0.2, 0.25) is 0 Å². The quantitative estimate of drug-likeness (QED) is 0.339. The summed E-state index contributed by atoms with van der Waals surface area (Å²) in [6.45, 7) is 7.35. The minimum absolute atomic E-state index is 0.0574. The normalized spacial score (nSPS) is 19.4. The van der Waals surface area contributed by atoms with Gasteiger partial charge in [0.2, 0.25) is 0 Å². The number of rotatable bonds is 6. The van der Waals surface area contributed by atoms with Gasteiger partial charge < -0.3 is 29.6 Å². The van der Waals surface area contributed by atoms with Crippen LogP contribution >= 0.6 is 0 Å². The molecule has 9 heteroatoms. The van der Waals surface area contributed by atoms with E-state index >= 15 is 0 Å². The number of carbonyl (C=O) groups is 2. The van der Waals surface area contributed by atoms with E-state index in [1.54, 1.807) is 22.8 Å². The van der Waals surface area contributed by atoms with Gasteiger partial charge >= 0.3 is 11.9 Å². The Hall–Kier alpha value is -4.11. The second kappa shape index (κ2) is 8.03. The number of fused-ring (bicyclic) bond motifs is 5. The third-order valence-corrected chi connectivity index (χ3v) is 6.35. The number of aliphatic hydroxyl groups excluding tert-OH is 1. The Morgan fingerprint density at radius 1 is 1.35 bits per heavy atom. The van der Waals surface area contributed by atoms with Gasteiger partial charge in [-0.3, -0.25) is 4.79 Å². The van der Waals surface area contributed by atoms with Crippen LogP contribution in [-0.2, 0) is 33.9 Å². The SMILES string of the molecule is C=CCc1c(OCC(=C)C(=O)O)ccc2c1C=C1Cn3c(cc4c(c3=O)COC(=O)C4O)C1N2. The molecule has 2 atom stereocenters. The molecule has 4 heterocycles. The molecule has 0 fully saturated rings. The van der Waals surface area contributed by atoms with Crippen molar-refractivity contribution in [3.8, 4) is 5.75 Å². The van der Waals surface area contributed by atoms with Crippen LogP contribution in [0.4, 0.5) is 5.69 Å². The highest BCUT2D eigenvalue weighted by molar-refractivity contribution is 5.86. The van der Waals surface area contributed by atoms with E-state index in [-0.39, 0.29) is 41.5 Å². The molecule has 1 aromatic heterocycles. The first kappa shape index (κ1) is 21.7. The number of aromatic nitrogens is 1. The maximum Gasteiger partial charge on any atom is 0.340 e. The molecule has 1 aromatic carbocycles. The zero-order valence-corrected chi connectivity index (χ0v) is 18.2. The molecule has 2 unspecified atom stereocenters. The Kier molecular flexibility index (Phi) is 5.13. The van der Waals surface area contributed by atoms with E-state index in [9.17, 15) is 19.5 Å². The van der Waals surface area contributed by atoms with Crippen molar-refractivity contribution >= 4 is 23.7 Å². The molecule has 0 bridgehead atoms. The molecule has 0 spiro atoms. The molecule has 0 saturated carbocycles. The van der Waals surface area contributed by atoms with E-state index in [1.807, 2.05) is 12.1 Å². The molecule has 3 aliphatic rings. The number of carbonyl (C=O) groups excluding carboxylic acids is 1. The van der Waals surface area contributed by atoms with E-state index in [2.05, 4.69) is 18.5 Å². The van der Waals surface area contributed by atoms with E-state index in [1.165, 1.54) is 0 Å². The van der Waals surface area contributed by atoms with E-state index in [0.717, 1.165) is 22.4 Å². The van der Waals surface area contributed by atoms with Gasteiger partial charge in [-0.15, -0.1) is 6.58 Å². The molecule has 3 N–H and O–H groups in total. The summed E-state index contributed by atoms with van der Waals surface area (Å²) in [4.78, 5) is 36.0. The summed E-state index contributed by atoms with van der Waals surface area (Å²) in [6, 6.07) is 4.99. The number of carboxylic acid groups (broad SMARTS) is 1. The monoisotopic (exact) mass is 462 g/mol. The summed E-state index contributed by atoms with van der Waals surface area (Å²) in [7, 11) is 0. The molecule has 0 aliphatic carbocycles. The second-order valence-electron chi connectivity index (χ2n) is 8.39. The van der Waals surface area contributed by atoms with Gasteiger partial charge in [0.25, 0.3) is 5.56 Å². The number of aliphatic hydroxyl groups is 1. The van der Waals surface area contributed by atoms with Crippen molar-refractivity contribution in [2.75, 3.05) is 11.9 Å². The van der Waals surface area contributed by atoms with Crippen LogP contribution in [0, 0.1) is 0 Å². The topological polar surface area (TPSA) is 127 Å². The third-order valence-electron chi connectivity index (χ3n) is 6.35. The lowest BCUT2D eigenvalue weighted by Crippen LogP contribution is -2.33. The van der Waals surface area contributed by atoms with E-state index in [4.69, 9.17) is 14.6 Å². The number of hydrogen-bond donors (Lipinski definition) is 3. The van der Waals surface area contributed by atoms with Crippen molar-refractivity contribution in [2.24, 2.45) is 0 Å². The lowest BCUT2D eigenvalue weighted by molar-refractivity contribution is -0.157. The molecule has 0 saturated heterocycles. The number of esters is 1. The van der Waals surface area contributed by atoms with Crippen LogP contribution in [-0.4, -0.2) is 33.3 Å². The molecule has 5 rings (SSSR count). The number of anilines is 1. The van der Waals surface area contributed by atoms with Crippen LogP contribution in [0.5, 0.6) is 5.75 Å². The Bertz CT molecular complexity index is 1370. The number of aliphatic carboxylic acids is 1. The zero-order chi connectivity index (χ0) is 24.1. The Balaban J connectivity index is 1.55. The fourth-order valence-corrected chi connectivity index (χ4v) is 4.62. The molecule has 3 aliphatic heterocycles. The number of ether oxygens (including phenoxy) is 2. The summed E-state index contributed by atoms with van der Waals surface area (Å²) in [6.07, 6.45) is 2.74. The summed E-state index contributed by atoms with van der Waals surface area (Å²) >= 11 is 0. The number of carboxylic acids is 1. The lowest BCUT2D eigenvalue weighted by atomic mass is 9.92.